The summed E-state index contributed by atoms with van der Waals surface area (Å²) in [5.74, 6) is 2.65. The predicted octanol–water partition coefficient (Wildman–Crippen LogP) is 0.355. The van der Waals surface area contributed by atoms with E-state index in [1.807, 2.05) is 0 Å². The lowest BCUT2D eigenvalue weighted by Crippen LogP contribution is -2.48. The molecule has 0 aliphatic carbocycles. The first-order valence-corrected chi connectivity index (χ1v) is 4.56. The SMILES string of the molecule is C#CCN1CC(C)OC(COC)C1. The molecule has 2 unspecified atom stereocenters. The highest BCUT2D eigenvalue weighted by Gasteiger charge is 2.24. The van der Waals surface area contributed by atoms with Crippen molar-refractivity contribution in [3.8, 4) is 12.3 Å². The molecule has 0 spiro atoms. The number of morpholine rings is 1. The van der Waals surface area contributed by atoms with Gasteiger partial charge in [-0.25, -0.2) is 0 Å². The second kappa shape index (κ2) is 5.23. The zero-order valence-corrected chi connectivity index (χ0v) is 8.32. The zero-order chi connectivity index (χ0) is 9.68. The van der Waals surface area contributed by atoms with E-state index in [4.69, 9.17) is 15.9 Å². The van der Waals surface area contributed by atoms with Crippen LogP contribution < -0.4 is 0 Å². The van der Waals surface area contributed by atoms with Crippen LogP contribution >= 0.6 is 0 Å². The van der Waals surface area contributed by atoms with Crippen molar-refractivity contribution in [1.29, 1.82) is 0 Å². The van der Waals surface area contributed by atoms with E-state index in [0.29, 0.717) is 13.2 Å². The highest BCUT2D eigenvalue weighted by Crippen LogP contribution is 2.10. The van der Waals surface area contributed by atoms with Gasteiger partial charge in [-0.2, -0.15) is 0 Å². The Morgan fingerprint density at radius 2 is 2.38 bits per heavy atom. The van der Waals surface area contributed by atoms with E-state index in [1.54, 1.807) is 7.11 Å². The third-order valence-electron chi connectivity index (χ3n) is 2.07. The number of methoxy groups -OCH3 is 1. The summed E-state index contributed by atoms with van der Waals surface area (Å²) in [6.45, 7) is 5.21. The standard InChI is InChI=1S/C10H17NO2/c1-4-5-11-6-9(2)13-10(7-11)8-12-3/h1,9-10H,5-8H2,2-3H3. The molecule has 1 heterocycles. The third kappa shape index (κ3) is 3.35. The van der Waals surface area contributed by atoms with E-state index < -0.39 is 0 Å². The van der Waals surface area contributed by atoms with Crippen molar-refractivity contribution in [3.05, 3.63) is 0 Å². The molecule has 0 N–H and O–H groups in total. The summed E-state index contributed by atoms with van der Waals surface area (Å²) in [7, 11) is 1.69. The van der Waals surface area contributed by atoms with E-state index >= 15 is 0 Å². The van der Waals surface area contributed by atoms with Gasteiger partial charge in [0.2, 0.25) is 0 Å². The highest BCUT2D eigenvalue weighted by atomic mass is 16.5. The lowest BCUT2D eigenvalue weighted by atomic mass is 10.2. The maximum Gasteiger partial charge on any atom is 0.0939 e. The number of ether oxygens (including phenoxy) is 2. The second-order valence-corrected chi connectivity index (χ2v) is 3.42. The number of nitrogens with zero attached hydrogens (tertiary/aromatic N) is 1. The minimum atomic E-state index is 0.169. The van der Waals surface area contributed by atoms with Crippen LogP contribution in [0.15, 0.2) is 0 Å². The smallest absolute Gasteiger partial charge is 0.0939 e. The number of hydrogen-bond acceptors (Lipinski definition) is 3. The van der Waals surface area contributed by atoms with Gasteiger partial charge in [0.1, 0.15) is 0 Å². The van der Waals surface area contributed by atoms with E-state index in [9.17, 15) is 0 Å². The van der Waals surface area contributed by atoms with Crippen molar-refractivity contribution < 1.29 is 9.47 Å². The van der Waals surface area contributed by atoms with Crippen molar-refractivity contribution >= 4 is 0 Å². The summed E-state index contributed by atoms with van der Waals surface area (Å²) in [5, 5.41) is 0. The molecule has 74 valence electrons. The number of hydrogen-bond donors (Lipinski definition) is 0. The topological polar surface area (TPSA) is 21.7 Å². The van der Waals surface area contributed by atoms with Crippen molar-refractivity contribution in [2.45, 2.75) is 19.1 Å². The molecule has 0 bridgehead atoms. The van der Waals surface area contributed by atoms with Crippen LogP contribution in [0.4, 0.5) is 0 Å². The Morgan fingerprint density at radius 1 is 1.62 bits per heavy atom. The van der Waals surface area contributed by atoms with Gasteiger partial charge in [0, 0.05) is 20.2 Å². The van der Waals surface area contributed by atoms with Crippen LogP contribution in [0.5, 0.6) is 0 Å². The molecule has 1 aliphatic rings. The average Bonchev–Trinajstić information content (AvgIpc) is 2.04. The molecule has 1 aliphatic heterocycles. The van der Waals surface area contributed by atoms with Crippen molar-refractivity contribution in [2.75, 3.05) is 33.4 Å². The maximum atomic E-state index is 5.67. The molecule has 0 saturated carbocycles. The predicted molar refractivity (Wildman–Crippen MR) is 51.5 cm³/mol. The monoisotopic (exact) mass is 183 g/mol. The lowest BCUT2D eigenvalue weighted by Gasteiger charge is -2.35. The molecule has 0 aromatic carbocycles. The van der Waals surface area contributed by atoms with E-state index in [2.05, 4.69) is 17.7 Å². The highest BCUT2D eigenvalue weighted by molar-refractivity contribution is 4.90. The van der Waals surface area contributed by atoms with Crippen LogP contribution in [0.1, 0.15) is 6.92 Å². The van der Waals surface area contributed by atoms with Crippen molar-refractivity contribution in [2.24, 2.45) is 0 Å². The Bertz CT molecular complexity index is 188. The van der Waals surface area contributed by atoms with Crippen LogP contribution in [-0.2, 0) is 9.47 Å². The van der Waals surface area contributed by atoms with E-state index in [-0.39, 0.29) is 12.2 Å². The molecular weight excluding hydrogens is 166 g/mol. The third-order valence-corrected chi connectivity index (χ3v) is 2.07. The summed E-state index contributed by atoms with van der Waals surface area (Å²) in [6, 6.07) is 0. The van der Waals surface area contributed by atoms with E-state index in [1.165, 1.54) is 0 Å². The Hall–Kier alpha value is -0.560. The molecule has 13 heavy (non-hydrogen) atoms. The van der Waals surface area contributed by atoms with Gasteiger partial charge in [-0.15, -0.1) is 6.42 Å². The van der Waals surface area contributed by atoms with Gasteiger partial charge >= 0.3 is 0 Å². The van der Waals surface area contributed by atoms with E-state index in [0.717, 1.165) is 13.1 Å². The molecule has 0 aromatic rings. The van der Waals surface area contributed by atoms with Crippen molar-refractivity contribution in [3.63, 3.8) is 0 Å². The summed E-state index contributed by atoms with van der Waals surface area (Å²) in [4.78, 5) is 2.22. The van der Waals surface area contributed by atoms with Crippen LogP contribution in [0, 0.1) is 12.3 Å². The zero-order valence-electron chi connectivity index (χ0n) is 8.32. The first-order valence-electron chi connectivity index (χ1n) is 4.56. The summed E-state index contributed by atoms with van der Waals surface area (Å²) in [5.41, 5.74) is 0. The molecule has 3 nitrogen and oxygen atoms in total. The molecule has 1 rings (SSSR count). The normalized spacial score (nSPS) is 29.9. The molecule has 1 saturated heterocycles. The quantitative estimate of drug-likeness (QED) is 0.589. The van der Waals surface area contributed by atoms with Crippen LogP contribution in [0.25, 0.3) is 0 Å². The number of terminal acetylenes is 1. The van der Waals surface area contributed by atoms with Gasteiger partial charge < -0.3 is 9.47 Å². The Kier molecular flexibility index (Phi) is 4.23. The summed E-state index contributed by atoms with van der Waals surface area (Å²) in [6.07, 6.45) is 5.68. The van der Waals surface area contributed by atoms with Crippen LogP contribution in [0.2, 0.25) is 0 Å². The first-order chi connectivity index (χ1) is 6.26. The van der Waals surface area contributed by atoms with Gasteiger partial charge in [0.15, 0.2) is 0 Å². The molecule has 0 amide bonds. The first kappa shape index (κ1) is 10.5. The van der Waals surface area contributed by atoms with Gasteiger partial charge in [0.05, 0.1) is 25.4 Å². The van der Waals surface area contributed by atoms with Gasteiger partial charge in [-0.05, 0) is 6.92 Å². The average molecular weight is 183 g/mol. The molecule has 0 radical (unpaired) electrons. The Morgan fingerprint density at radius 3 is 3.00 bits per heavy atom. The van der Waals surface area contributed by atoms with Gasteiger partial charge in [0.25, 0.3) is 0 Å². The van der Waals surface area contributed by atoms with Crippen molar-refractivity contribution in [1.82, 2.24) is 4.90 Å². The lowest BCUT2D eigenvalue weighted by molar-refractivity contribution is -0.0978. The fourth-order valence-electron chi connectivity index (χ4n) is 1.68. The fraction of sp³-hybridized carbons (Fsp3) is 0.800. The molecular formula is C10H17NO2. The Balaban J connectivity index is 2.38. The summed E-state index contributed by atoms with van der Waals surface area (Å²) < 4.78 is 10.7. The largest absolute Gasteiger partial charge is 0.382 e. The maximum absolute atomic E-state index is 5.67. The summed E-state index contributed by atoms with van der Waals surface area (Å²) >= 11 is 0. The molecule has 1 fully saturated rings. The second-order valence-electron chi connectivity index (χ2n) is 3.42. The van der Waals surface area contributed by atoms with Gasteiger partial charge in [-0.1, -0.05) is 5.92 Å². The fourth-order valence-corrected chi connectivity index (χ4v) is 1.68. The molecule has 2 atom stereocenters. The Labute approximate surface area is 80.0 Å². The van der Waals surface area contributed by atoms with Gasteiger partial charge in [-0.3, -0.25) is 4.90 Å². The van der Waals surface area contributed by atoms with Crippen LogP contribution in [0.3, 0.4) is 0 Å². The minimum Gasteiger partial charge on any atom is -0.382 e. The van der Waals surface area contributed by atoms with Crippen LogP contribution in [-0.4, -0.2) is 50.5 Å². The molecule has 0 aromatic heterocycles. The number of rotatable bonds is 3. The molecule has 3 heteroatoms. The minimum absolute atomic E-state index is 0.169.